The number of hydrogen-bond acceptors (Lipinski definition) is 8. The first-order chi connectivity index (χ1) is 21.6. The number of aromatic hydroxyl groups is 1. The number of methoxy groups -OCH3 is 1. The van der Waals surface area contributed by atoms with Crippen molar-refractivity contribution in [2.24, 2.45) is 0 Å². The van der Waals surface area contributed by atoms with Crippen molar-refractivity contribution in [1.82, 2.24) is 4.90 Å². The highest BCUT2D eigenvalue weighted by atomic mass is 16.5. The molecule has 44 heavy (non-hydrogen) atoms. The fourth-order valence-electron chi connectivity index (χ4n) is 5.37. The number of fused-ring (bicyclic) bond motifs is 1. The Kier molecular flexibility index (Phi) is 8.98. The van der Waals surface area contributed by atoms with E-state index in [1.807, 2.05) is 60.7 Å². The first-order valence-corrected chi connectivity index (χ1v) is 14.8. The summed E-state index contributed by atoms with van der Waals surface area (Å²) in [5.41, 5.74) is 2.27. The Morgan fingerprint density at radius 1 is 0.795 bits per heavy atom. The summed E-state index contributed by atoms with van der Waals surface area (Å²) in [5, 5.41) is 10.8. The van der Waals surface area contributed by atoms with Crippen molar-refractivity contribution in [1.29, 1.82) is 0 Å². The van der Waals surface area contributed by atoms with Crippen molar-refractivity contribution < 1.29 is 28.5 Å². The molecule has 8 heteroatoms. The number of ether oxygens (including phenoxy) is 4. The molecule has 1 fully saturated rings. The molecule has 0 amide bonds. The molecular weight excluding hydrogens is 558 g/mol. The van der Waals surface area contributed by atoms with E-state index in [1.54, 1.807) is 24.3 Å². The van der Waals surface area contributed by atoms with E-state index in [9.17, 15) is 9.90 Å². The van der Waals surface area contributed by atoms with Crippen molar-refractivity contribution in [3.8, 4) is 40.1 Å². The van der Waals surface area contributed by atoms with E-state index in [1.165, 1.54) is 26.0 Å². The van der Waals surface area contributed by atoms with E-state index >= 15 is 0 Å². The molecule has 4 aromatic carbocycles. The van der Waals surface area contributed by atoms with E-state index < -0.39 is 5.43 Å². The second-order valence-electron chi connectivity index (χ2n) is 10.7. The topological polar surface area (TPSA) is 90.6 Å². The molecule has 226 valence electrons. The number of rotatable bonds is 12. The highest BCUT2D eigenvalue weighted by Gasteiger charge is 2.22. The lowest BCUT2D eigenvalue weighted by Gasteiger charge is -2.16. The molecule has 1 aliphatic rings. The van der Waals surface area contributed by atoms with Gasteiger partial charge in [0.1, 0.15) is 42.3 Å². The lowest BCUT2D eigenvalue weighted by molar-refractivity contribution is 0.237. The van der Waals surface area contributed by atoms with Gasteiger partial charge in [0, 0.05) is 24.2 Å². The van der Waals surface area contributed by atoms with E-state index in [4.69, 9.17) is 23.4 Å². The van der Waals surface area contributed by atoms with Crippen LogP contribution in [0.1, 0.15) is 24.0 Å². The largest absolute Gasteiger partial charge is 0.507 e. The summed E-state index contributed by atoms with van der Waals surface area (Å²) >= 11 is 0. The molecule has 0 radical (unpaired) electrons. The van der Waals surface area contributed by atoms with Gasteiger partial charge in [0.2, 0.25) is 11.2 Å². The third-order valence-corrected chi connectivity index (χ3v) is 7.67. The monoisotopic (exact) mass is 593 g/mol. The van der Waals surface area contributed by atoms with Crippen LogP contribution in [0.3, 0.4) is 0 Å². The second-order valence-corrected chi connectivity index (χ2v) is 10.7. The zero-order valence-corrected chi connectivity index (χ0v) is 24.7. The predicted octanol–water partition coefficient (Wildman–Crippen LogP) is 6.81. The van der Waals surface area contributed by atoms with Gasteiger partial charge >= 0.3 is 0 Å². The van der Waals surface area contributed by atoms with Crippen LogP contribution in [-0.2, 0) is 13.2 Å². The molecule has 1 aromatic heterocycles. The van der Waals surface area contributed by atoms with Gasteiger partial charge in [-0.2, -0.15) is 0 Å². The van der Waals surface area contributed by atoms with Gasteiger partial charge < -0.3 is 28.5 Å². The molecule has 0 atom stereocenters. The Labute approximate surface area is 256 Å². The van der Waals surface area contributed by atoms with Crippen molar-refractivity contribution in [3.63, 3.8) is 0 Å². The van der Waals surface area contributed by atoms with Crippen LogP contribution in [0.2, 0.25) is 0 Å². The summed E-state index contributed by atoms with van der Waals surface area (Å²) in [6.45, 7) is 4.06. The summed E-state index contributed by atoms with van der Waals surface area (Å²) in [7, 11) is 1.40. The molecule has 0 aliphatic carbocycles. The van der Waals surface area contributed by atoms with Gasteiger partial charge in [-0.15, -0.1) is 0 Å². The Hall–Kier alpha value is -4.95. The van der Waals surface area contributed by atoms with Crippen LogP contribution >= 0.6 is 0 Å². The number of hydrogen-bond donors (Lipinski definition) is 1. The normalized spacial score (nSPS) is 13.2. The Bertz CT molecular complexity index is 1760. The van der Waals surface area contributed by atoms with E-state index in [0.29, 0.717) is 42.6 Å². The maximum Gasteiger partial charge on any atom is 0.239 e. The lowest BCUT2D eigenvalue weighted by atomic mass is 10.1. The molecular formula is C36H35NO7. The van der Waals surface area contributed by atoms with Gasteiger partial charge in [0.15, 0.2) is 17.3 Å². The van der Waals surface area contributed by atoms with Crippen LogP contribution in [-0.4, -0.2) is 43.4 Å². The zero-order valence-electron chi connectivity index (χ0n) is 24.7. The third kappa shape index (κ3) is 6.66. The number of benzene rings is 4. The van der Waals surface area contributed by atoms with Crippen LogP contribution < -0.4 is 24.4 Å². The number of nitrogens with zero attached hydrogens (tertiary/aromatic N) is 1. The molecule has 2 heterocycles. The van der Waals surface area contributed by atoms with Crippen molar-refractivity contribution >= 4 is 11.0 Å². The van der Waals surface area contributed by atoms with Gasteiger partial charge in [0.25, 0.3) is 0 Å². The predicted molar refractivity (Wildman–Crippen MR) is 169 cm³/mol. The average Bonchev–Trinajstić information content (AvgIpc) is 3.57. The Balaban J connectivity index is 1.34. The summed E-state index contributed by atoms with van der Waals surface area (Å²) in [6.07, 6.45) is 2.40. The van der Waals surface area contributed by atoms with Crippen molar-refractivity contribution in [2.45, 2.75) is 26.1 Å². The minimum Gasteiger partial charge on any atom is -0.507 e. The van der Waals surface area contributed by atoms with Crippen LogP contribution in [0.5, 0.6) is 28.7 Å². The minimum absolute atomic E-state index is 0.0255. The van der Waals surface area contributed by atoms with Crippen LogP contribution in [0.25, 0.3) is 22.3 Å². The average molecular weight is 594 g/mol. The summed E-state index contributed by atoms with van der Waals surface area (Å²) in [5.74, 6) is 1.40. The molecule has 0 unspecified atom stereocenters. The van der Waals surface area contributed by atoms with Gasteiger partial charge in [-0.05, 0) is 55.3 Å². The smallest absolute Gasteiger partial charge is 0.239 e. The molecule has 0 saturated carbocycles. The molecule has 1 saturated heterocycles. The standard InChI is InChI=1S/C36H35NO7/c1-40-36-34(39)33-29(38)21-28(41-19-18-37-16-8-9-17-37)22-32(33)44-35(36)27-14-15-30(42-23-25-10-4-2-5-11-25)31(20-27)43-24-26-12-6-3-7-13-26/h2-7,10-15,20-22,38H,8-9,16-19,23-24H2,1H3. The van der Waals surface area contributed by atoms with Gasteiger partial charge in [-0.1, -0.05) is 60.7 Å². The van der Waals surface area contributed by atoms with Crippen molar-refractivity contribution in [2.75, 3.05) is 33.4 Å². The number of likely N-dealkylation sites (tertiary alicyclic amines) is 1. The highest BCUT2D eigenvalue weighted by Crippen LogP contribution is 2.39. The zero-order chi connectivity index (χ0) is 30.3. The van der Waals surface area contributed by atoms with E-state index in [-0.39, 0.29) is 28.2 Å². The minimum atomic E-state index is -0.485. The number of phenols is 1. The van der Waals surface area contributed by atoms with Crippen molar-refractivity contribution in [3.05, 3.63) is 112 Å². The quantitative estimate of drug-likeness (QED) is 0.169. The molecule has 1 aliphatic heterocycles. The van der Waals surface area contributed by atoms with Crippen LogP contribution in [0.15, 0.2) is 100 Å². The van der Waals surface area contributed by atoms with Crippen LogP contribution in [0, 0.1) is 0 Å². The molecule has 5 aromatic rings. The summed E-state index contributed by atoms with van der Waals surface area (Å²) < 4.78 is 30.1. The molecule has 8 nitrogen and oxygen atoms in total. The third-order valence-electron chi connectivity index (χ3n) is 7.67. The first-order valence-electron chi connectivity index (χ1n) is 14.8. The Morgan fingerprint density at radius 2 is 1.45 bits per heavy atom. The van der Waals surface area contributed by atoms with Crippen LogP contribution in [0.4, 0.5) is 0 Å². The van der Waals surface area contributed by atoms with E-state index in [0.717, 1.165) is 30.8 Å². The lowest BCUT2D eigenvalue weighted by Crippen LogP contribution is -2.25. The number of phenolic OH excluding ortho intramolecular Hbond substituents is 1. The first kappa shape index (κ1) is 29.1. The molecule has 0 bridgehead atoms. The summed E-state index contributed by atoms with van der Waals surface area (Å²) in [4.78, 5) is 15.9. The summed E-state index contributed by atoms with van der Waals surface area (Å²) in [6, 6.07) is 28.1. The Morgan fingerprint density at radius 3 is 2.11 bits per heavy atom. The molecule has 0 spiro atoms. The van der Waals surface area contributed by atoms with Gasteiger partial charge in [-0.3, -0.25) is 9.69 Å². The van der Waals surface area contributed by atoms with E-state index in [2.05, 4.69) is 4.90 Å². The fourth-order valence-corrected chi connectivity index (χ4v) is 5.37. The fraction of sp³-hybridized carbons (Fsp3) is 0.250. The second kappa shape index (κ2) is 13.6. The molecule has 6 rings (SSSR count). The molecule has 1 N–H and O–H groups in total. The highest BCUT2D eigenvalue weighted by molar-refractivity contribution is 5.88. The maximum absolute atomic E-state index is 13.5. The SMILES string of the molecule is COc1c(-c2ccc(OCc3ccccc3)c(OCc3ccccc3)c2)oc2cc(OCCN3CCCC3)cc(O)c2c1=O. The van der Waals surface area contributed by atoms with Gasteiger partial charge in [0.05, 0.1) is 7.11 Å². The maximum atomic E-state index is 13.5. The van der Waals surface area contributed by atoms with Gasteiger partial charge in [-0.25, -0.2) is 0 Å².